The van der Waals surface area contributed by atoms with E-state index in [2.05, 4.69) is 55.6 Å². The highest BCUT2D eigenvalue weighted by Crippen LogP contribution is 2.44. The highest BCUT2D eigenvalue weighted by molar-refractivity contribution is 9.10. The van der Waals surface area contributed by atoms with Crippen molar-refractivity contribution in [2.24, 2.45) is 11.8 Å². The maximum Gasteiger partial charge on any atom is 0.223 e. The second kappa shape index (κ2) is 10.3. The summed E-state index contributed by atoms with van der Waals surface area (Å²) < 4.78 is 6.67. The zero-order valence-corrected chi connectivity index (χ0v) is 20.6. The Bertz CT molecular complexity index is 1120. The average molecular weight is 521 g/mol. The fraction of sp³-hybridized carbons (Fsp3) is 0.296. The van der Waals surface area contributed by atoms with Crippen molar-refractivity contribution in [3.05, 3.63) is 100 Å². The lowest BCUT2D eigenvalue weighted by Gasteiger charge is -2.40. The molecule has 4 N–H and O–H groups in total. The van der Waals surface area contributed by atoms with Crippen LogP contribution in [-0.2, 0) is 11.3 Å². The summed E-state index contributed by atoms with van der Waals surface area (Å²) in [4.78, 5) is 13.6. The summed E-state index contributed by atoms with van der Waals surface area (Å²) in [6.07, 6.45) is 0.614. The third-order valence-electron chi connectivity index (χ3n) is 6.89. The number of carbonyl (C=O) groups excluding carboxylic acids is 1. The maximum atomic E-state index is 13.6. The number of amides is 1. The number of methoxy groups -OCH3 is 1. The van der Waals surface area contributed by atoms with Crippen LogP contribution in [0.1, 0.15) is 35.2 Å². The van der Waals surface area contributed by atoms with Gasteiger partial charge in [0, 0.05) is 34.5 Å². The van der Waals surface area contributed by atoms with Gasteiger partial charge in [0.1, 0.15) is 5.75 Å². The Balaban J connectivity index is 1.43. The molecule has 2 aliphatic rings. The number of hydrogen-bond donors (Lipinski definition) is 4. The van der Waals surface area contributed by atoms with Crippen molar-refractivity contribution >= 4 is 21.8 Å². The number of ether oxygens (including phenoxy) is 1. The van der Waals surface area contributed by atoms with Crippen molar-refractivity contribution < 1.29 is 9.53 Å². The Morgan fingerprint density at radius 1 is 1.00 bits per heavy atom. The van der Waals surface area contributed by atoms with E-state index >= 15 is 0 Å². The zero-order chi connectivity index (χ0) is 23.5. The van der Waals surface area contributed by atoms with Gasteiger partial charge in [0.25, 0.3) is 0 Å². The largest absolute Gasteiger partial charge is 0.496 e. The molecule has 0 radical (unpaired) electrons. The number of piperidine rings is 1. The Morgan fingerprint density at radius 3 is 2.50 bits per heavy atom. The molecule has 176 valence electrons. The van der Waals surface area contributed by atoms with E-state index in [1.165, 1.54) is 0 Å². The molecule has 6 nitrogen and oxygen atoms in total. The molecule has 0 aromatic heterocycles. The normalized spacial score (nSPS) is 26.0. The Morgan fingerprint density at radius 2 is 1.74 bits per heavy atom. The topological polar surface area (TPSA) is 74.4 Å². The average Bonchev–Trinajstić information content (AvgIpc) is 3.32. The summed E-state index contributed by atoms with van der Waals surface area (Å²) in [5.41, 5.74) is 10.2. The van der Waals surface area contributed by atoms with E-state index in [4.69, 9.17) is 4.74 Å². The van der Waals surface area contributed by atoms with Crippen LogP contribution in [-0.4, -0.2) is 19.2 Å². The van der Waals surface area contributed by atoms with E-state index in [0.29, 0.717) is 13.0 Å². The number of benzene rings is 3. The third-order valence-corrected chi connectivity index (χ3v) is 7.42. The molecule has 3 aromatic rings. The minimum atomic E-state index is -0.193. The minimum absolute atomic E-state index is 0.0108. The summed E-state index contributed by atoms with van der Waals surface area (Å²) in [6, 6.07) is 26.4. The number of hydrazine groups is 1. The first-order chi connectivity index (χ1) is 16.6. The van der Waals surface area contributed by atoms with Gasteiger partial charge in [-0.2, -0.15) is 0 Å². The Kier molecular flexibility index (Phi) is 6.97. The predicted octanol–water partition coefficient (Wildman–Crippen LogP) is 4.22. The van der Waals surface area contributed by atoms with E-state index in [9.17, 15) is 4.79 Å². The van der Waals surface area contributed by atoms with Gasteiger partial charge in [-0.05, 0) is 35.7 Å². The van der Waals surface area contributed by atoms with Crippen molar-refractivity contribution in [1.82, 2.24) is 21.5 Å². The van der Waals surface area contributed by atoms with Crippen LogP contribution in [0.25, 0.3) is 0 Å². The first-order valence-electron chi connectivity index (χ1n) is 11.6. The van der Waals surface area contributed by atoms with Crippen LogP contribution in [0.2, 0.25) is 0 Å². The molecule has 0 aliphatic carbocycles. The lowest BCUT2D eigenvalue weighted by Crippen LogP contribution is -2.54. The standard InChI is InChI=1S/C27H29BrN4O2/c1-34-23-10-6-5-9-20(23)22-15-21(27(33)29-16-17-7-3-2-4-8-17)24-25(31-32-26(24)30-22)18-11-13-19(28)14-12-18/h2-14,21-22,24-26,30-32H,15-16H2,1H3,(H,29,33). The second-order valence-corrected chi connectivity index (χ2v) is 9.80. The fourth-order valence-electron chi connectivity index (χ4n) is 5.22. The van der Waals surface area contributed by atoms with Crippen LogP contribution in [0.4, 0.5) is 0 Å². The molecule has 1 amide bonds. The Hall–Kier alpha value is -2.71. The molecule has 5 atom stereocenters. The van der Waals surface area contributed by atoms with Gasteiger partial charge in [0.2, 0.25) is 5.91 Å². The van der Waals surface area contributed by atoms with Gasteiger partial charge >= 0.3 is 0 Å². The molecule has 2 fully saturated rings. The molecule has 2 aliphatic heterocycles. The van der Waals surface area contributed by atoms with Gasteiger partial charge in [-0.1, -0.05) is 76.6 Å². The molecule has 0 bridgehead atoms. The predicted molar refractivity (Wildman–Crippen MR) is 136 cm³/mol. The fourth-order valence-corrected chi connectivity index (χ4v) is 5.49. The number of halogens is 1. The van der Waals surface area contributed by atoms with Crippen LogP contribution >= 0.6 is 15.9 Å². The lowest BCUT2D eigenvalue weighted by molar-refractivity contribution is -0.129. The van der Waals surface area contributed by atoms with Crippen LogP contribution in [0.15, 0.2) is 83.3 Å². The van der Waals surface area contributed by atoms with E-state index in [1.807, 2.05) is 60.7 Å². The number of para-hydroxylation sites is 1. The molecule has 3 aromatic carbocycles. The van der Waals surface area contributed by atoms with Gasteiger partial charge in [0.05, 0.1) is 19.3 Å². The number of nitrogens with one attached hydrogen (secondary N) is 4. The molecule has 34 heavy (non-hydrogen) atoms. The summed E-state index contributed by atoms with van der Waals surface area (Å²) >= 11 is 3.52. The van der Waals surface area contributed by atoms with Gasteiger partial charge in [-0.3, -0.25) is 10.1 Å². The van der Waals surface area contributed by atoms with Gasteiger partial charge in [-0.25, -0.2) is 10.9 Å². The SMILES string of the molecule is COc1ccccc1C1CC(C(=O)NCc2ccccc2)C2C(NNC2c2ccc(Br)cc2)N1. The van der Waals surface area contributed by atoms with Crippen LogP contribution in [0.5, 0.6) is 5.75 Å². The van der Waals surface area contributed by atoms with Crippen molar-refractivity contribution in [2.75, 3.05) is 7.11 Å². The van der Waals surface area contributed by atoms with Gasteiger partial charge in [-0.15, -0.1) is 0 Å². The van der Waals surface area contributed by atoms with E-state index in [0.717, 1.165) is 26.9 Å². The summed E-state index contributed by atoms with van der Waals surface area (Å²) in [6.45, 7) is 0.518. The highest BCUT2D eigenvalue weighted by Gasteiger charge is 2.49. The smallest absolute Gasteiger partial charge is 0.223 e. The molecule has 0 saturated carbocycles. The summed E-state index contributed by atoms with van der Waals surface area (Å²) in [7, 11) is 1.69. The minimum Gasteiger partial charge on any atom is -0.496 e. The van der Waals surface area contributed by atoms with Gasteiger partial charge < -0.3 is 10.1 Å². The number of hydrogen-bond acceptors (Lipinski definition) is 5. The molecule has 5 rings (SSSR count). The molecule has 7 heteroatoms. The monoisotopic (exact) mass is 520 g/mol. The van der Waals surface area contributed by atoms with E-state index < -0.39 is 0 Å². The number of fused-ring (bicyclic) bond motifs is 1. The molecule has 2 saturated heterocycles. The molecule has 5 unspecified atom stereocenters. The molecular weight excluding hydrogens is 492 g/mol. The lowest BCUT2D eigenvalue weighted by atomic mass is 9.74. The van der Waals surface area contributed by atoms with E-state index in [1.54, 1.807) is 7.11 Å². The Labute approximate surface area is 208 Å². The molecule has 2 heterocycles. The highest BCUT2D eigenvalue weighted by atomic mass is 79.9. The molecular formula is C27H29BrN4O2. The molecule has 0 spiro atoms. The number of rotatable bonds is 6. The quantitative estimate of drug-likeness (QED) is 0.391. The first-order valence-corrected chi connectivity index (χ1v) is 12.4. The van der Waals surface area contributed by atoms with Crippen LogP contribution in [0.3, 0.4) is 0 Å². The first kappa shape index (κ1) is 23.1. The maximum absolute atomic E-state index is 13.6. The summed E-state index contributed by atoms with van der Waals surface area (Å²) in [5.74, 6) is 0.758. The van der Waals surface area contributed by atoms with Crippen molar-refractivity contribution in [1.29, 1.82) is 0 Å². The number of carbonyl (C=O) groups is 1. The summed E-state index contributed by atoms with van der Waals surface area (Å²) in [5, 5.41) is 6.94. The zero-order valence-electron chi connectivity index (χ0n) is 19.0. The van der Waals surface area contributed by atoms with Crippen LogP contribution < -0.4 is 26.2 Å². The van der Waals surface area contributed by atoms with Gasteiger partial charge in [0.15, 0.2) is 0 Å². The van der Waals surface area contributed by atoms with Crippen molar-refractivity contribution in [2.45, 2.75) is 31.2 Å². The van der Waals surface area contributed by atoms with E-state index in [-0.39, 0.29) is 36.0 Å². The second-order valence-electron chi connectivity index (χ2n) is 8.88. The van der Waals surface area contributed by atoms with Crippen molar-refractivity contribution in [3.63, 3.8) is 0 Å². The van der Waals surface area contributed by atoms with Crippen LogP contribution in [0, 0.1) is 11.8 Å². The van der Waals surface area contributed by atoms with Crippen molar-refractivity contribution in [3.8, 4) is 5.75 Å². The third kappa shape index (κ3) is 4.74.